The van der Waals surface area contributed by atoms with Crippen molar-refractivity contribution in [1.29, 1.82) is 0 Å². The SMILES string of the molecule is CC(C)CCC1(C)C2C(=O)OC2CC1(C)C. The Labute approximate surface area is 98.7 Å². The molecule has 0 radical (unpaired) electrons. The third-order valence-electron chi connectivity index (χ3n) is 5.08. The van der Waals surface area contributed by atoms with Crippen LogP contribution in [0.15, 0.2) is 0 Å². The number of carbonyl (C=O) groups excluding carboxylic acids is 1. The molecule has 2 fully saturated rings. The Bertz CT molecular complexity index is 306. The van der Waals surface area contributed by atoms with Crippen LogP contribution in [0, 0.1) is 22.7 Å². The van der Waals surface area contributed by atoms with Gasteiger partial charge in [0.05, 0.1) is 5.92 Å². The number of fused-ring (bicyclic) bond motifs is 1. The standard InChI is InChI=1S/C14H24O2/c1-9(2)6-7-14(5)11-10(16-12(11)15)8-13(14,3)4/h9-11H,6-8H2,1-5H3. The summed E-state index contributed by atoms with van der Waals surface area (Å²) >= 11 is 0. The van der Waals surface area contributed by atoms with Crippen molar-refractivity contribution in [3.05, 3.63) is 0 Å². The van der Waals surface area contributed by atoms with Crippen LogP contribution >= 0.6 is 0 Å². The molecule has 1 saturated heterocycles. The topological polar surface area (TPSA) is 26.3 Å². The lowest BCUT2D eigenvalue weighted by molar-refractivity contribution is -0.189. The monoisotopic (exact) mass is 224 g/mol. The highest BCUT2D eigenvalue weighted by Crippen LogP contribution is 2.62. The Morgan fingerprint density at radius 1 is 1.38 bits per heavy atom. The van der Waals surface area contributed by atoms with Crippen LogP contribution in [0.4, 0.5) is 0 Å². The molecule has 2 nitrogen and oxygen atoms in total. The van der Waals surface area contributed by atoms with Gasteiger partial charge in [-0.1, -0.05) is 41.0 Å². The van der Waals surface area contributed by atoms with Crippen LogP contribution in [-0.2, 0) is 9.53 Å². The summed E-state index contributed by atoms with van der Waals surface area (Å²) in [6.07, 6.45) is 3.60. The molecule has 3 atom stereocenters. The molecule has 0 amide bonds. The van der Waals surface area contributed by atoms with E-state index in [4.69, 9.17) is 4.74 Å². The van der Waals surface area contributed by atoms with E-state index in [9.17, 15) is 4.79 Å². The van der Waals surface area contributed by atoms with E-state index in [2.05, 4.69) is 34.6 Å². The molecule has 1 saturated carbocycles. The fraction of sp³-hybridized carbons (Fsp3) is 0.929. The highest BCUT2D eigenvalue weighted by molar-refractivity contribution is 5.80. The molecule has 0 aromatic heterocycles. The van der Waals surface area contributed by atoms with Gasteiger partial charge < -0.3 is 4.74 Å². The molecule has 0 aromatic rings. The first-order valence-corrected chi connectivity index (χ1v) is 6.48. The summed E-state index contributed by atoms with van der Waals surface area (Å²) in [4.78, 5) is 11.6. The van der Waals surface area contributed by atoms with E-state index < -0.39 is 0 Å². The van der Waals surface area contributed by atoms with Crippen LogP contribution in [0.3, 0.4) is 0 Å². The predicted octanol–water partition coefficient (Wildman–Crippen LogP) is 3.40. The Morgan fingerprint density at radius 3 is 2.50 bits per heavy atom. The maximum Gasteiger partial charge on any atom is 0.313 e. The summed E-state index contributed by atoms with van der Waals surface area (Å²) < 4.78 is 5.26. The zero-order chi connectivity index (χ0) is 12.1. The largest absolute Gasteiger partial charge is 0.461 e. The number of hydrogen-bond acceptors (Lipinski definition) is 2. The Hall–Kier alpha value is -0.530. The highest BCUT2D eigenvalue weighted by atomic mass is 16.6. The van der Waals surface area contributed by atoms with E-state index in [0.29, 0.717) is 5.92 Å². The zero-order valence-electron chi connectivity index (χ0n) is 11.2. The van der Waals surface area contributed by atoms with Gasteiger partial charge in [0.1, 0.15) is 6.10 Å². The fourth-order valence-corrected chi connectivity index (χ4v) is 3.44. The predicted molar refractivity (Wildman–Crippen MR) is 63.9 cm³/mol. The third kappa shape index (κ3) is 1.49. The summed E-state index contributed by atoms with van der Waals surface area (Å²) in [5.41, 5.74) is 0.362. The van der Waals surface area contributed by atoms with Gasteiger partial charge in [0.25, 0.3) is 0 Å². The first-order chi connectivity index (χ1) is 7.28. The summed E-state index contributed by atoms with van der Waals surface area (Å²) in [7, 11) is 0. The van der Waals surface area contributed by atoms with Crippen LogP contribution in [0.1, 0.15) is 53.9 Å². The molecule has 16 heavy (non-hydrogen) atoms. The summed E-state index contributed by atoms with van der Waals surface area (Å²) in [6, 6.07) is 0. The van der Waals surface area contributed by atoms with E-state index in [1.165, 1.54) is 6.42 Å². The van der Waals surface area contributed by atoms with Gasteiger partial charge in [-0.05, 0) is 29.6 Å². The zero-order valence-corrected chi connectivity index (χ0v) is 11.2. The van der Waals surface area contributed by atoms with Crippen LogP contribution in [0.2, 0.25) is 0 Å². The smallest absolute Gasteiger partial charge is 0.313 e. The second kappa shape index (κ2) is 3.48. The summed E-state index contributed by atoms with van der Waals surface area (Å²) in [5.74, 6) is 0.922. The number of ether oxygens (including phenoxy) is 1. The third-order valence-corrected chi connectivity index (χ3v) is 5.08. The van der Waals surface area contributed by atoms with Crippen LogP contribution in [-0.4, -0.2) is 12.1 Å². The van der Waals surface area contributed by atoms with Crippen molar-refractivity contribution in [3.8, 4) is 0 Å². The van der Waals surface area contributed by atoms with Crippen molar-refractivity contribution in [2.75, 3.05) is 0 Å². The second-order valence-corrected chi connectivity index (χ2v) is 6.89. The van der Waals surface area contributed by atoms with Gasteiger partial charge >= 0.3 is 5.97 Å². The molecule has 3 unspecified atom stereocenters. The van der Waals surface area contributed by atoms with Crippen LogP contribution < -0.4 is 0 Å². The number of esters is 1. The van der Waals surface area contributed by atoms with Crippen molar-refractivity contribution in [3.63, 3.8) is 0 Å². The van der Waals surface area contributed by atoms with Crippen molar-refractivity contribution in [2.24, 2.45) is 22.7 Å². The van der Waals surface area contributed by atoms with Crippen molar-refractivity contribution in [1.82, 2.24) is 0 Å². The Morgan fingerprint density at radius 2 is 2.00 bits per heavy atom. The maximum atomic E-state index is 11.6. The summed E-state index contributed by atoms with van der Waals surface area (Å²) in [6.45, 7) is 11.4. The molecule has 1 aliphatic carbocycles. The van der Waals surface area contributed by atoms with Gasteiger partial charge in [-0.15, -0.1) is 0 Å². The molecule has 2 heteroatoms. The number of rotatable bonds is 3. The van der Waals surface area contributed by atoms with Crippen molar-refractivity contribution in [2.45, 2.75) is 60.0 Å². The van der Waals surface area contributed by atoms with Crippen molar-refractivity contribution >= 4 is 5.97 Å². The first-order valence-electron chi connectivity index (χ1n) is 6.48. The molecular weight excluding hydrogens is 200 g/mol. The minimum absolute atomic E-state index is 0.0434. The van der Waals surface area contributed by atoms with Gasteiger partial charge in [0.15, 0.2) is 0 Å². The fourth-order valence-electron chi connectivity index (χ4n) is 3.44. The van der Waals surface area contributed by atoms with E-state index in [0.717, 1.165) is 12.8 Å². The van der Waals surface area contributed by atoms with E-state index in [1.54, 1.807) is 0 Å². The van der Waals surface area contributed by atoms with Crippen LogP contribution in [0.25, 0.3) is 0 Å². The van der Waals surface area contributed by atoms with E-state index in [1.807, 2.05) is 0 Å². The molecule has 1 heterocycles. The second-order valence-electron chi connectivity index (χ2n) is 6.89. The minimum atomic E-state index is 0.0434. The quantitative estimate of drug-likeness (QED) is 0.687. The van der Waals surface area contributed by atoms with Gasteiger partial charge in [0.2, 0.25) is 0 Å². The molecule has 0 spiro atoms. The molecule has 92 valence electrons. The normalized spacial score (nSPS) is 40.5. The van der Waals surface area contributed by atoms with Gasteiger partial charge in [0, 0.05) is 0 Å². The Kier molecular flexibility index (Phi) is 2.60. The average Bonchev–Trinajstić information content (AvgIpc) is 2.27. The average molecular weight is 224 g/mol. The van der Waals surface area contributed by atoms with Gasteiger partial charge in [-0.25, -0.2) is 0 Å². The maximum absolute atomic E-state index is 11.6. The highest BCUT2D eigenvalue weighted by Gasteiger charge is 2.65. The Balaban J connectivity index is 2.18. The lowest BCUT2D eigenvalue weighted by atomic mass is 9.62. The number of carbonyl (C=O) groups is 1. The first kappa shape index (κ1) is 11.9. The molecule has 1 aliphatic heterocycles. The van der Waals surface area contributed by atoms with Crippen molar-refractivity contribution < 1.29 is 9.53 Å². The lowest BCUT2D eigenvalue weighted by Gasteiger charge is -2.44. The molecule has 0 aromatic carbocycles. The molecule has 0 bridgehead atoms. The number of hydrogen-bond donors (Lipinski definition) is 0. The molecule has 2 rings (SSSR count). The molecular formula is C14H24O2. The lowest BCUT2D eigenvalue weighted by Crippen LogP contribution is -2.49. The molecule has 0 N–H and O–H groups in total. The summed E-state index contributed by atoms with van der Waals surface area (Å²) in [5, 5.41) is 0. The molecule has 2 aliphatic rings. The van der Waals surface area contributed by atoms with Crippen LogP contribution in [0.5, 0.6) is 0 Å². The van der Waals surface area contributed by atoms with E-state index in [-0.39, 0.29) is 28.8 Å². The van der Waals surface area contributed by atoms with E-state index >= 15 is 0 Å². The minimum Gasteiger partial charge on any atom is -0.461 e. The van der Waals surface area contributed by atoms with Gasteiger partial charge in [-0.2, -0.15) is 0 Å². The van der Waals surface area contributed by atoms with Gasteiger partial charge in [-0.3, -0.25) is 4.79 Å².